The summed E-state index contributed by atoms with van der Waals surface area (Å²) in [5.41, 5.74) is -2.54. The quantitative estimate of drug-likeness (QED) is 0.259. The molecule has 0 fully saturated rings. The van der Waals surface area contributed by atoms with Crippen LogP contribution in [0.3, 0.4) is 0 Å². The Labute approximate surface area is 180 Å². The van der Waals surface area contributed by atoms with Gasteiger partial charge in [-0.1, -0.05) is 23.2 Å². The summed E-state index contributed by atoms with van der Waals surface area (Å²) in [7, 11) is 0. The summed E-state index contributed by atoms with van der Waals surface area (Å²) >= 11 is 11.3. The Morgan fingerprint density at radius 3 is 2.52 bits per heavy atom. The smallest absolute Gasteiger partial charge is 0.294 e. The number of furan rings is 1. The first-order chi connectivity index (χ1) is 14.6. The molecule has 3 rings (SSSR count). The second-order valence-corrected chi connectivity index (χ2v) is 6.80. The molecule has 2 heterocycles. The summed E-state index contributed by atoms with van der Waals surface area (Å²) < 4.78 is 58.1. The SMILES string of the molecule is O=C(Nc1ccc(Cl)cc1[N+](=O)[O-])c1ccc(Cn2nc(C(F)F)c(Cl)c2C(F)F)o1. The summed E-state index contributed by atoms with van der Waals surface area (Å²) in [6.45, 7) is -0.513. The van der Waals surface area contributed by atoms with Gasteiger partial charge in [0.05, 0.1) is 16.5 Å². The number of nitro groups is 1. The van der Waals surface area contributed by atoms with Gasteiger partial charge in [-0.25, -0.2) is 17.6 Å². The maximum Gasteiger partial charge on any atom is 0.294 e. The molecule has 0 saturated heterocycles. The number of amides is 1. The molecule has 0 atom stereocenters. The van der Waals surface area contributed by atoms with Crippen molar-refractivity contribution in [3.05, 3.63) is 73.4 Å². The minimum Gasteiger partial charge on any atom is -0.454 e. The van der Waals surface area contributed by atoms with Crippen molar-refractivity contribution in [2.24, 2.45) is 0 Å². The number of nitrogens with zero attached hydrogens (tertiary/aromatic N) is 3. The standard InChI is InChI=1S/C17H10Cl2F4N4O4/c18-7-1-3-9(10(5-7)27(29)30)24-17(28)11-4-2-8(31-11)6-26-14(16(22)23)12(19)13(25-26)15(20)21/h1-5,15-16H,6H2,(H,24,28). The predicted octanol–water partition coefficient (Wildman–Crippen LogP) is 5.87. The van der Waals surface area contributed by atoms with Crippen molar-refractivity contribution < 1.29 is 31.7 Å². The van der Waals surface area contributed by atoms with Crippen molar-refractivity contribution in [3.63, 3.8) is 0 Å². The fraction of sp³-hybridized carbons (Fsp3) is 0.176. The van der Waals surface area contributed by atoms with Gasteiger partial charge in [-0.05, 0) is 24.3 Å². The van der Waals surface area contributed by atoms with Crippen LogP contribution in [-0.4, -0.2) is 20.6 Å². The number of hydrogen-bond donors (Lipinski definition) is 1. The number of halogens is 6. The molecule has 0 aliphatic heterocycles. The van der Waals surface area contributed by atoms with Crippen LogP contribution in [0.5, 0.6) is 0 Å². The maximum atomic E-state index is 13.2. The van der Waals surface area contributed by atoms with Crippen molar-refractivity contribution in [2.45, 2.75) is 19.4 Å². The van der Waals surface area contributed by atoms with Crippen LogP contribution in [0.25, 0.3) is 0 Å². The van der Waals surface area contributed by atoms with Gasteiger partial charge in [-0.2, -0.15) is 5.10 Å². The molecule has 0 radical (unpaired) electrons. The summed E-state index contributed by atoms with van der Waals surface area (Å²) in [6.07, 6.45) is -6.35. The van der Waals surface area contributed by atoms with Crippen LogP contribution in [-0.2, 0) is 6.54 Å². The highest BCUT2D eigenvalue weighted by atomic mass is 35.5. The second kappa shape index (κ2) is 8.94. The Kier molecular flexibility index (Phi) is 6.51. The normalized spacial score (nSPS) is 11.4. The molecule has 0 unspecified atom stereocenters. The zero-order valence-corrected chi connectivity index (χ0v) is 16.5. The molecule has 0 saturated carbocycles. The largest absolute Gasteiger partial charge is 0.454 e. The number of carbonyl (C=O) groups excluding carboxylic acids is 1. The lowest BCUT2D eigenvalue weighted by Crippen LogP contribution is -2.12. The Morgan fingerprint density at radius 2 is 1.90 bits per heavy atom. The summed E-state index contributed by atoms with van der Waals surface area (Å²) in [5, 5.41) is 16.0. The topological polar surface area (TPSA) is 103 Å². The minimum absolute atomic E-state index is 0.0716. The molecule has 1 aromatic carbocycles. The zero-order chi connectivity index (χ0) is 22.9. The molecular weight excluding hydrogens is 471 g/mol. The molecule has 8 nitrogen and oxygen atoms in total. The molecule has 1 amide bonds. The Hall–Kier alpha value is -3.12. The number of anilines is 1. The van der Waals surface area contributed by atoms with E-state index < -0.39 is 52.3 Å². The third-order valence-electron chi connectivity index (χ3n) is 3.97. The van der Waals surface area contributed by atoms with E-state index in [0.717, 1.165) is 6.07 Å². The molecule has 3 aromatic rings. The van der Waals surface area contributed by atoms with Crippen molar-refractivity contribution in [1.82, 2.24) is 9.78 Å². The first kappa shape index (κ1) is 22.6. The van der Waals surface area contributed by atoms with E-state index in [9.17, 15) is 32.5 Å². The van der Waals surface area contributed by atoms with Crippen molar-refractivity contribution in [2.75, 3.05) is 5.32 Å². The van der Waals surface area contributed by atoms with Crippen molar-refractivity contribution >= 4 is 40.5 Å². The van der Waals surface area contributed by atoms with Gasteiger partial charge in [-0.3, -0.25) is 19.6 Å². The molecular formula is C17H10Cl2F4N4O4. The Morgan fingerprint density at radius 1 is 1.19 bits per heavy atom. The van der Waals surface area contributed by atoms with E-state index in [4.69, 9.17) is 27.6 Å². The molecule has 0 bridgehead atoms. The average molecular weight is 481 g/mol. The van der Waals surface area contributed by atoms with E-state index >= 15 is 0 Å². The maximum absolute atomic E-state index is 13.2. The number of carbonyl (C=O) groups is 1. The lowest BCUT2D eigenvalue weighted by atomic mass is 10.2. The minimum atomic E-state index is -3.18. The number of aromatic nitrogens is 2. The summed E-state index contributed by atoms with van der Waals surface area (Å²) in [4.78, 5) is 22.7. The van der Waals surface area contributed by atoms with Crippen molar-refractivity contribution in [1.29, 1.82) is 0 Å². The molecule has 0 aliphatic rings. The number of hydrogen-bond acceptors (Lipinski definition) is 5. The van der Waals surface area contributed by atoms with E-state index in [1.54, 1.807) is 0 Å². The van der Waals surface area contributed by atoms with Gasteiger partial charge in [0.2, 0.25) is 0 Å². The third kappa shape index (κ3) is 4.80. The van der Waals surface area contributed by atoms with Gasteiger partial charge in [0.25, 0.3) is 24.4 Å². The van der Waals surface area contributed by atoms with E-state index in [-0.39, 0.29) is 22.2 Å². The van der Waals surface area contributed by atoms with Gasteiger partial charge < -0.3 is 9.73 Å². The van der Waals surface area contributed by atoms with E-state index in [2.05, 4.69) is 10.4 Å². The molecule has 2 aromatic heterocycles. The second-order valence-electron chi connectivity index (χ2n) is 5.98. The van der Waals surface area contributed by atoms with E-state index in [0.29, 0.717) is 4.68 Å². The highest BCUT2D eigenvalue weighted by molar-refractivity contribution is 6.32. The van der Waals surface area contributed by atoms with E-state index in [1.165, 1.54) is 24.3 Å². The predicted molar refractivity (Wildman–Crippen MR) is 101 cm³/mol. The van der Waals surface area contributed by atoms with Gasteiger partial charge in [0.1, 0.15) is 22.8 Å². The van der Waals surface area contributed by atoms with Crippen LogP contribution in [0.2, 0.25) is 10.0 Å². The number of benzene rings is 1. The first-order valence-corrected chi connectivity index (χ1v) is 9.00. The number of alkyl halides is 4. The Balaban J connectivity index is 1.82. The lowest BCUT2D eigenvalue weighted by molar-refractivity contribution is -0.383. The van der Waals surface area contributed by atoms with Crippen molar-refractivity contribution in [3.8, 4) is 0 Å². The fourth-order valence-corrected chi connectivity index (χ4v) is 3.09. The van der Waals surface area contributed by atoms with Crippen LogP contribution in [0.4, 0.5) is 28.9 Å². The highest BCUT2D eigenvalue weighted by Crippen LogP contribution is 2.35. The average Bonchev–Trinajstić information content (AvgIpc) is 3.27. The van der Waals surface area contributed by atoms with Crippen LogP contribution in [0, 0.1) is 10.1 Å². The molecule has 164 valence electrons. The molecule has 0 aliphatic carbocycles. The molecule has 0 spiro atoms. The van der Waals surface area contributed by atoms with Gasteiger partial charge in [0.15, 0.2) is 5.76 Å². The number of nitro benzene ring substituents is 1. The molecule has 1 N–H and O–H groups in total. The van der Waals surface area contributed by atoms with Gasteiger partial charge >= 0.3 is 0 Å². The molecule has 31 heavy (non-hydrogen) atoms. The first-order valence-electron chi connectivity index (χ1n) is 8.25. The van der Waals surface area contributed by atoms with Gasteiger partial charge in [0, 0.05) is 11.1 Å². The van der Waals surface area contributed by atoms with Crippen LogP contribution in [0.15, 0.2) is 34.7 Å². The van der Waals surface area contributed by atoms with Crippen LogP contribution in [0.1, 0.15) is 40.6 Å². The molecule has 14 heteroatoms. The summed E-state index contributed by atoms with van der Waals surface area (Å²) in [5.74, 6) is -1.26. The fourth-order valence-electron chi connectivity index (χ4n) is 2.62. The Bertz CT molecular complexity index is 1150. The van der Waals surface area contributed by atoms with Gasteiger partial charge in [-0.15, -0.1) is 0 Å². The number of rotatable bonds is 7. The van der Waals surface area contributed by atoms with E-state index in [1.807, 2.05) is 0 Å². The highest BCUT2D eigenvalue weighted by Gasteiger charge is 2.28. The van der Waals surface area contributed by atoms with Crippen LogP contribution >= 0.6 is 23.2 Å². The monoisotopic (exact) mass is 480 g/mol. The van der Waals surface area contributed by atoms with Crippen LogP contribution < -0.4 is 5.32 Å². The lowest BCUT2D eigenvalue weighted by Gasteiger charge is -2.06. The number of nitrogens with one attached hydrogen (secondary N) is 1. The summed E-state index contributed by atoms with van der Waals surface area (Å²) in [6, 6.07) is 5.99. The third-order valence-corrected chi connectivity index (χ3v) is 4.59. The zero-order valence-electron chi connectivity index (χ0n) is 15.0.